The number of hydrogen-bond donors (Lipinski definition) is 4. The molecule has 47 heavy (non-hydrogen) atoms. The van der Waals surface area contributed by atoms with E-state index in [9.17, 15) is 29.0 Å². The Balaban J connectivity index is 1.40. The molecule has 0 aliphatic heterocycles. The van der Waals surface area contributed by atoms with Gasteiger partial charge in [0.2, 0.25) is 5.91 Å². The Morgan fingerprint density at radius 3 is 2.15 bits per heavy atom. The van der Waals surface area contributed by atoms with Gasteiger partial charge in [-0.05, 0) is 54.8 Å². The van der Waals surface area contributed by atoms with E-state index in [1.165, 1.54) is 38.7 Å². The van der Waals surface area contributed by atoms with Gasteiger partial charge in [0.25, 0.3) is 5.91 Å². The third kappa shape index (κ3) is 10.1. The summed E-state index contributed by atoms with van der Waals surface area (Å²) >= 11 is 0. The zero-order valence-electron chi connectivity index (χ0n) is 26.4. The van der Waals surface area contributed by atoms with Crippen LogP contribution in [0.15, 0.2) is 79.1 Å². The van der Waals surface area contributed by atoms with Crippen molar-refractivity contribution < 1.29 is 33.7 Å². The smallest absolute Gasteiger partial charge is 0.325 e. The van der Waals surface area contributed by atoms with Gasteiger partial charge in [-0.25, -0.2) is 14.4 Å². The molecule has 0 aliphatic rings. The molecular weight excluding hydrogens is 603 g/mol. The van der Waals surface area contributed by atoms with E-state index in [0.29, 0.717) is 18.0 Å². The summed E-state index contributed by atoms with van der Waals surface area (Å²) in [5, 5.41) is 23.5. The largest absolute Gasteiger partial charge is 0.505 e. The number of unbranched alkanes of at least 4 members (excludes halogenated alkanes) is 4. The molecule has 1 heterocycles. The summed E-state index contributed by atoms with van der Waals surface area (Å²) in [5.41, 5.74) is 3.09. The SMILES string of the molecule is CCCCCCCOc1ccc(-c2cnc(-c3ccc(CC(NC(=O)c4ccc(O)c(F)c4)C(=O)NC(C)C(=O)O)cc3)nc2)cc1. The van der Waals surface area contributed by atoms with Gasteiger partial charge < -0.3 is 25.6 Å². The second-order valence-corrected chi connectivity index (χ2v) is 11.2. The Bertz CT molecular complexity index is 1650. The number of aromatic nitrogens is 2. The molecule has 0 saturated heterocycles. The van der Waals surface area contributed by atoms with Crippen LogP contribution in [0, 0.1) is 5.82 Å². The van der Waals surface area contributed by atoms with Crippen molar-refractivity contribution in [3.63, 3.8) is 0 Å². The first-order chi connectivity index (χ1) is 22.6. The van der Waals surface area contributed by atoms with Gasteiger partial charge in [0, 0.05) is 35.5 Å². The first-order valence-corrected chi connectivity index (χ1v) is 15.6. The Labute approximate surface area is 273 Å². The minimum atomic E-state index is -1.24. The fourth-order valence-electron chi connectivity index (χ4n) is 4.77. The lowest BCUT2D eigenvalue weighted by Crippen LogP contribution is -2.51. The maximum atomic E-state index is 13.8. The first kappa shape index (κ1) is 34.6. The van der Waals surface area contributed by atoms with E-state index >= 15 is 0 Å². The summed E-state index contributed by atoms with van der Waals surface area (Å²) in [7, 11) is 0. The highest BCUT2D eigenvalue weighted by Gasteiger charge is 2.25. The molecule has 0 spiro atoms. The maximum Gasteiger partial charge on any atom is 0.325 e. The van der Waals surface area contributed by atoms with Crippen LogP contribution in [0.5, 0.6) is 11.5 Å². The summed E-state index contributed by atoms with van der Waals surface area (Å²) in [6.07, 6.45) is 9.43. The third-order valence-electron chi connectivity index (χ3n) is 7.57. The van der Waals surface area contributed by atoms with Gasteiger partial charge in [0.05, 0.1) is 6.61 Å². The molecule has 4 N–H and O–H groups in total. The van der Waals surface area contributed by atoms with Gasteiger partial charge in [0.15, 0.2) is 17.4 Å². The summed E-state index contributed by atoms with van der Waals surface area (Å²) in [4.78, 5) is 46.1. The molecule has 4 rings (SSSR count). The van der Waals surface area contributed by atoms with E-state index in [1.807, 2.05) is 24.3 Å². The quantitative estimate of drug-likeness (QED) is 0.110. The number of aliphatic carboxylic acids is 1. The van der Waals surface area contributed by atoms with Crippen molar-refractivity contribution in [1.29, 1.82) is 0 Å². The molecule has 0 bridgehead atoms. The minimum Gasteiger partial charge on any atom is -0.505 e. The molecule has 0 radical (unpaired) electrons. The number of amides is 2. The van der Waals surface area contributed by atoms with E-state index in [0.717, 1.165) is 41.0 Å². The highest BCUT2D eigenvalue weighted by Crippen LogP contribution is 2.24. The van der Waals surface area contributed by atoms with Crippen molar-refractivity contribution in [3.05, 3.63) is 96.1 Å². The van der Waals surface area contributed by atoms with Gasteiger partial charge in [-0.1, -0.05) is 69.0 Å². The molecule has 246 valence electrons. The van der Waals surface area contributed by atoms with E-state index in [-0.39, 0.29) is 12.0 Å². The first-order valence-electron chi connectivity index (χ1n) is 15.6. The maximum absolute atomic E-state index is 13.8. The monoisotopic (exact) mass is 642 g/mol. The molecule has 2 unspecified atom stereocenters. The van der Waals surface area contributed by atoms with Crippen LogP contribution >= 0.6 is 0 Å². The Morgan fingerprint density at radius 1 is 0.851 bits per heavy atom. The van der Waals surface area contributed by atoms with Crippen LogP contribution in [0.4, 0.5) is 4.39 Å². The molecule has 0 fully saturated rings. The number of nitrogens with one attached hydrogen (secondary N) is 2. The number of benzene rings is 3. The molecule has 2 amide bonds. The molecule has 11 heteroatoms. The van der Waals surface area contributed by atoms with Gasteiger partial charge in [-0.3, -0.25) is 14.4 Å². The lowest BCUT2D eigenvalue weighted by Gasteiger charge is -2.20. The minimum absolute atomic E-state index is 0.0170. The summed E-state index contributed by atoms with van der Waals surface area (Å²) < 4.78 is 19.7. The molecule has 4 aromatic rings. The summed E-state index contributed by atoms with van der Waals surface area (Å²) in [5.74, 6) is -3.02. The molecule has 2 atom stereocenters. The van der Waals surface area contributed by atoms with E-state index in [1.54, 1.807) is 36.7 Å². The molecule has 3 aromatic carbocycles. The van der Waals surface area contributed by atoms with Gasteiger partial charge in [0.1, 0.15) is 17.8 Å². The number of ether oxygens (including phenoxy) is 1. The van der Waals surface area contributed by atoms with E-state index in [2.05, 4.69) is 27.5 Å². The van der Waals surface area contributed by atoms with Gasteiger partial charge in [-0.2, -0.15) is 0 Å². The average Bonchev–Trinajstić information content (AvgIpc) is 3.07. The van der Waals surface area contributed by atoms with E-state index < -0.39 is 41.4 Å². The highest BCUT2D eigenvalue weighted by molar-refractivity contribution is 5.98. The normalized spacial score (nSPS) is 12.1. The molecule has 1 aromatic heterocycles. The highest BCUT2D eigenvalue weighted by atomic mass is 19.1. The van der Waals surface area contributed by atoms with Crippen LogP contribution in [0.25, 0.3) is 22.5 Å². The van der Waals surface area contributed by atoms with Crippen LogP contribution in [0.3, 0.4) is 0 Å². The van der Waals surface area contributed by atoms with Crippen LogP contribution < -0.4 is 15.4 Å². The van der Waals surface area contributed by atoms with Crippen molar-refractivity contribution in [2.45, 2.75) is 64.5 Å². The fraction of sp³-hybridized carbons (Fsp3) is 0.306. The number of carbonyl (C=O) groups is 3. The van der Waals surface area contributed by atoms with Crippen LogP contribution in [-0.2, 0) is 16.0 Å². The number of carboxylic acid groups (broad SMARTS) is 1. The van der Waals surface area contributed by atoms with E-state index in [4.69, 9.17) is 4.74 Å². The Kier molecular flexibility index (Phi) is 12.4. The molecule has 10 nitrogen and oxygen atoms in total. The number of hydrogen-bond acceptors (Lipinski definition) is 7. The lowest BCUT2D eigenvalue weighted by molar-refractivity contribution is -0.141. The lowest BCUT2D eigenvalue weighted by atomic mass is 10.0. The Hall–Kier alpha value is -5.32. The average molecular weight is 643 g/mol. The summed E-state index contributed by atoms with van der Waals surface area (Å²) in [6.45, 7) is 4.20. The molecule has 0 aliphatic carbocycles. The second kappa shape index (κ2) is 16.8. The van der Waals surface area contributed by atoms with Crippen molar-refractivity contribution in [1.82, 2.24) is 20.6 Å². The molecular formula is C36H39FN4O6. The molecule has 0 saturated carbocycles. The van der Waals surface area contributed by atoms with Crippen molar-refractivity contribution in [2.24, 2.45) is 0 Å². The number of carboxylic acids is 1. The fourth-order valence-corrected chi connectivity index (χ4v) is 4.77. The van der Waals surface area contributed by atoms with Crippen LogP contribution in [0.2, 0.25) is 0 Å². The number of aromatic hydroxyl groups is 1. The number of halogens is 1. The third-order valence-corrected chi connectivity index (χ3v) is 7.57. The standard InChI is InChI=1S/C36H39FN4O6/c1-3-4-5-6-7-18-47-29-15-12-25(13-16-29)28-21-38-33(39-22-28)26-10-8-24(9-11-26)19-31(35(44)40-23(2)36(45)46)41-34(43)27-14-17-32(42)30(37)20-27/h8-17,20-23,31,42H,3-7,18-19H2,1-2H3,(H,40,44)(H,41,43)(H,45,46). The predicted molar refractivity (Wildman–Crippen MR) is 175 cm³/mol. The van der Waals surface area contributed by atoms with Crippen LogP contribution in [0.1, 0.15) is 61.9 Å². The number of rotatable bonds is 16. The van der Waals surface area contributed by atoms with Gasteiger partial charge in [-0.15, -0.1) is 0 Å². The number of phenolic OH excluding ortho intramolecular Hbond substituents is 1. The summed E-state index contributed by atoms with van der Waals surface area (Å²) in [6, 6.07) is 15.6. The van der Waals surface area contributed by atoms with Crippen molar-refractivity contribution in [2.75, 3.05) is 6.61 Å². The number of carbonyl (C=O) groups excluding carboxylic acids is 2. The number of phenols is 1. The van der Waals surface area contributed by atoms with Gasteiger partial charge >= 0.3 is 5.97 Å². The topological polar surface area (TPSA) is 151 Å². The van der Waals surface area contributed by atoms with Crippen molar-refractivity contribution in [3.8, 4) is 34.0 Å². The number of nitrogens with zero attached hydrogens (tertiary/aromatic N) is 2. The predicted octanol–water partition coefficient (Wildman–Crippen LogP) is 5.93. The zero-order valence-corrected chi connectivity index (χ0v) is 26.4. The van der Waals surface area contributed by atoms with Crippen molar-refractivity contribution >= 4 is 17.8 Å². The van der Waals surface area contributed by atoms with Crippen LogP contribution in [-0.4, -0.2) is 56.7 Å². The Morgan fingerprint density at radius 2 is 1.51 bits per heavy atom. The zero-order chi connectivity index (χ0) is 33.8. The second-order valence-electron chi connectivity index (χ2n) is 11.2.